The molecule has 2 N–H and O–H groups in total. The summed E-state index contributed by atoms with van der Waals surface area (Å²) >= 11 is 0. The molecular formula is C13H19N3O. The van der Waals surface area contributed by atoms with Crippen LogP contribution in [0.5, 0.6) is 0 Å². The zero-order valence-electron chi connectivity index (χ0n) is 10.6. The number of rotatable bonds is 4. The second-order valence-electron chi connectivity index (χ2n) is 4.48. The Morgan fingerprint density at radius 3 is 2.71 bits per heavy atom. The van der Waals surface area contributed by atoms with Crippen LogP contribution in [0.1, 0.15) is 31.8 Å². The molecule has 0 aliphatic carbocycles. The molecule has 0 aliphatic heterocycles. The van der Waals surface area contributed by atoms with Gasteiger partial charge in [-0.2, -0.15) is 0 Å². The van der Waals surface area contributed by atoms with Crippen molar-refractivity contribution in [2.24, 2.45) is 5.73 Å². The van der Waals surface area contributed by atoms with Crippen molar-refractivity contribution in [2.75, 3.05) is 13.7 Å². The SMILES string of the molecule is COCC(N)c1nc2ccccc2n1C(C)C. The summed E-state index contributed by atoms with van der Waals surface area (Å²) in [5, 5.41) is 0. The van der Waals surface area contributed by atoms with Gasteiger partial charge in [0.2, 0.25) is 0 Å². The summed E-state index contributed by atoms with van der Waals surface area (Å²) in [4.78, 5) is 4.61. The summed E-state index contributed by atoms with van der Waals surface area (Å²) in [6, 6.07) is 8.25. The van der Waals surface area contributed by atoms with Gasteiger partial charge in [0.05, 0.1) is 23.7 Å². The molecular weight excluding hydrogens is 214 g/mol. The van der Waals surface area contributed by atoms with E-state index in [0.717, 1.165) is 16.9 Å². The van der Waals surface area contributed by atoms with Gasteiger partial charge >= 0.3 is 0 Å². The molecule has 2 rings (SSSR count). The fourth-order valence-corrected chi connectivity index (χ4v) is 2.12. The quantitative estimate of drug-likeness (QED) is 0.881. The zero-order chi connectivity index (χ0) is 12.4. The van der Waals surface area contributed by atoms with Gasteiger partial charge in [0, 0.05) is 13.2 Å². The van der Waals surface area contributed by atoms with E-state index in [9.17, 15) is 0 Å². The van der Waals surface area contributed by atoms with Crippen LogP contribution >= 0.6 is 0 Å². The number of methoxy groups -OCH3 is 1. The largest absolute Gasteiger partial charge is 0.383 e. The van der Waals surface area contributed by atoms with Crippen LogP contribution in [0.15, 0.2) is 24.3 Å². The minimum absolute atomic E-state index is 0.185. The van der Waals surface area contributed by atoms with E-state index in [1.807, 2.05) is 18.2 Å². The van der Waals surface area contributed by atoms with E-state index in [1.54, 1.807) is 7.11 Å². The van der Waals surface area contributed by atoms with Gasteiger partial charge in [-0.15, -0.1) is 0 Å². The van der Waals surface area contributed by atoms with E-state index in [2.05, 4.69) is 29.5 Å². The van der Waals surface area contributed by atoms with E-state index in [4.69, 9.17) is 10.5 Å². The lowest BCUT2D eigenvalue weighted by molar-refractivity contribution is 0.176. The Balaban J connectivity index is 2.57. The molecule has 4 nitrogen and oxygen atoms in total. The highest BCUT2D eigenvalue weighted by Gasteiger charge is 2.18. The molecule has 1 unspecified atom stereocenters. The van der Waals surface area contributed by atoms with E-state index < -0.39 is 0 Å². The first-order valence-corrected chi connectivity index (χ1v) is 5.86. The van der Waals surface area contributed by atoms with Crippen molar-refractivity contribution in [1.82, 2.24) is 9.55 Å². The minimum Gasteiger partial charge on any atom is -0.383 e. The number of imidazole rings is 1. The molecule has 2 aromatic rings. The number of para-hydroxylation sites is 2. The summed E-state index contributed by atoms with van der Waals surface area (Å²) in [7, 11) is 1.65. The topological polar surface area (TPSA) is 53.1 Å². The highest BCUT2D eigenvalue weighted by molar-refractivity contribution is 5.76. The van der Waals surface area contributed by atoms with Crippen LogP contribution < -0.4 is 5.73 Å². The number of aromatic nitrogens is 2. The predicted molar refractivity (Wildman–Crippen MR) is 68.9 cm³/mol. The lowest BCUT2D eigenvalue weighted by Gasteiger charge is -2.16. The highest BCUT2D eigenvalue weighted by Crippen LogP contribution is 2.23. The normalized spacial score (nSPS) is 13.5. The maximum atomic E-state index is 6.10. The van der Waals surface area contributed by atoms with Crippen molar-refractivity contribution < 1.29 is 4.74 Å². The molecule has 0 saturated heterocycles. The van der Waals surface area contributed by atoms with Gasteiger partial charge in [-0.3, -0.25) is 0 Å². The second-order valence-corrected chi connectivity index (χ2v) is 4.48. The number of ether oxygens (including phenoxy) is 1. The summed E-state index contributed by atoms with van der Waals surface area (Å²) in [6.07, 6.45) is 0. The van der Waals surface area contributed by atoms with Crippen molar-refractivity contribution in [3.05, 3.63) is 30.1 Å². The number of nitrogens with two attached hydrogens (primary N) is 1. The minimum atomic E-state index is -0.185. The van der Waals surface area contributed by atoms with Gasteiger partial charge in [-0.1, -0.05) is 12.1 Å². The third kappa shape index (κ3) is 2.18. The van der Waals surface area contributed by atoms with Crippen LogP contribution in [0, 0.1) is 0 Å². The lowest BCUT2D eigenvalue weighted by atomic mass is 10.2. The predicted octanol–water partition coefficient (Wildman–Crippen LogP) is 2.26. The Labute approximate surface area is 101 Å². The summed E-state index contributed by atoms with van der Waals surface area (Å²) in [6.45, 7) is 4.75. The van der Waals surface area contributed by atoms with E-state index in [1.165, 1.54) is 0 Å². The van der Waals surface area contributed by atoms with E-state index >= 15 is 0 Å². The Morgan fingerprint density at radius 2 is 2.06 bits per heavy atom. The fraction of sp³-hybridized carbons (Fsp3) is 0.462. The number of hydrogen-bond acceptors (Lipinski definition) is 3. The Bertz CT molecular complexity index is 504. The third-order valence-corrected chi connectivity index (χ3v) is 2.82. The van der Waals surface area contributed by atoms with E-state index in [-0.39, 0.29) is 6.04 Å². The number of hydrogen-bond donors (Lipinski definition) is 1. The van der Waals surface area contributed by atoms with Gasteiger partial charge in [0.15, 0.2) is 0 Å². The van der Waals surface area contributed by atoms with Gasteiger partial charge < -0.3 is 15.0 Å². The van der Waals surface area contributed by atoms with Gasteiger partial charge in [0.1, 0.15) is 5.82 Å². The van der Waals surface area contributed by atoms with Gasteiger partial charge in [-0.05, 0) is 26.0 Å². The molecule has 1 atom stereocenters. The summed E-state index contributed by atoms with van der Waals surface area (Å²) < 4.78 is 7.29. The molecule has 1 aromatic heterocycles. The van der Waals surface area contributed by atoms with Crippen molar-refractivity contribution in [3.63, 3.8) is 0 Å². The average Bonchev–Trinajstić information content (AvgIpc) is 2.68. The maximum Gasteiger partial charge on any atom is 0.129 e. The van der Waals surface area contributed by atoms with Crippen LogP contribution in [-0.4, -0.2) is 23.3 Å². The molecule has 0 bridgehead atoms. The van der Waals surface area contributed by atoms with Crippen molar-refractivity contribution >= 4 is 11.0 Å². The van der Waals surface area contributed by atoms with Gasteiger partial charge in [0.25, 0.3) is 0 Å². The third-order valence-electron chi connectivity index (χ3n) is 2.82. The molecule has 0 radical (unpaired) electrons. The molecule has 0 saturated carbocycles. The van der Waals surface area contributed by atoms with Crippen molar-refractivity contribution in [3.8, 4) is 0 Å². The highest BCUT2D eigenvalue weighted by atomic mass is 16.5. The molecule has 0 spiro atoms. The van der Waals surface area contributed by atoms with Gasteiger partial charge in [-0.25, -0.2) is 4.98 Å². The van der Waals surface area contributed by atoms with Crippen LogP contribution in [-0.2, 0) is 4.74 Å². The van der Waals surface area contributed by atoms with Crippen molar-refractivity contribution in [2.45, 2.75) is 25.9 Å². The first-order valence-electron chi connectivity index (χ1n) is 5.86. The monoisotopic (exact) mass is 233 g/mol. The molecule has 0 fully saturated rings. The standard InChI is InChI=1S/C13H19N3O/c1-9(2)16-12-7-5-4-6-11(12)15-13(16)10(14)8-17-3/h4-7,9-10H,8,14H2,1-3H3. The number of benzene rings is 1. The first kappa shape index (κ1) is 12.1. The zero-order valence-corrected chi connectivity index (χ0v) is 10.6. The molecule has 1 heterocycles. The van der Waals surface area contributed by atoms with Crippen LogP contribution in [0.4, 0.5) is 0 Å². The maximum absolute atomic E-state index is 6.10. The molecule has 4 heteroatoms. The smallest absolute Gasteiger partial charge is 0.129 e. The molecule has 1 aromatic carbocycles. The first-order chi connectivity index (χ1) is 8.15. The fourth-order valence-electron chi connectivity index (χ4n) is 2.12. The second kappa shape index (κ2) is 4.85. The summed E-state index contributed by atoms with van der Waals surface area (Å²) in [5.74, 6) is 0.892. The molecule has 17 heavy (non-hydrogen) atoms. The van der Waals surface area contributed by atoms with Crippen LogP contribution in [0.2, 0.25) is 0 Å². The molecule has 0 aliphatic rings. The number of nitrogens with zero attached hydrogens (tertiary/aromatic N) is 2. The average molecular weight is 233 g/mol. The Kier molecular flexibility index (Phi) is 3.45. The number of fused-ring (bicyclic) bond motifs is 1. The lowest BCUT2D eigenvalue weighted by Crippen LogP contribution is -2.21. The Hall–Kier alpha value is -1.39. The van der Waals surface area contributed by atoms with Crippen LogP contribution in [0.3, 0.4) is 0 Å². The molecule has 92 valence electrons. The van der Waals surface area contributed by atoms with Crippen molar-refractivity contribution in [1.29, 1.82) is 0 Å². The Morgan fingerprint density at radius 1 is 1.35 bits per heavy atom. The van der Waals surface area contributed by atoms with Crippen LogP contribution in [0.25, 0.3) is 11.0 Å². The summed E-state index contributed by atoms with van der Waals surface area (Å²) in [5.41, 5.74) is 8.22. The van der Waals surface area contributed by atoms with E-state index in [0.29, 0.717) is 12.6 Å². The molecule has 0 amide bonds.